The first-order valence-corrected chi connectivity index (χ1v) is 7.07. The summed E-state index contributed by atoms with van der Waals surface area (Å²) in [6.45, 7) is 2.08. The highest BCUT2D eigenvalue weighted by Gasteiger charge is 2.28. The van der Waals surface area contributed by atoms with Gasteiger partial charge in [-0.25, -0.2) is 9.78 Å². The van der Waals surface area contributed by atoms with Crippen LogP contribution in [0.15, 0.2) is 12.3 Å². The van der Waals surface area contributed by atoms with Crippen LogP contribution in [-0.4, -0.2) is 27.1 Å². The van der Waals surface area contributed by atoms with Gasteiger partial charge in [-0.05, 0) is 31.6 Å². The summed E-state index contributed by atoms with van der Waals surface area (Å²) in [6.07, 6.45) is 6.02. The zero-order valence-corrected chi connectivity index (χ0v) is 11.8. The maximum atomic E-state index is 11.2. The highest BCUT2D eigenvalue weighted by molar-refractivity contribution is 5.90. The molecule has 7 nitrogen and oxygen atoms in total. The molecular weight excluding hydrogens is 276 g/mol. The molecule has 1 fully saturated rings. The number of nitro groups is 1. The highest BCUT2D eigenvalue weighted by atomic mass is 16.6. The molecule has 7 heteroatoms. The van der Waals surface area contributed by atoms with Crippen molar-refractivity contribution in [2.75, 3.05) is 0 Å². The van der Waals surface area contributed by atoms with E-state index < -0.39 is 10.9 Å². The van der Waals surface area contributed by atoms with E-state index in [0.29, 0.717) is 5.92 Å². The summed E-state index contributed by atoms with van der Waals surface area (Å²) in [5.74, 6) is -0.930. The van der Waals surface area contributed by atoms with E-state index in [1.54, 1.807) is 0 Å². The second-order valence-corrected chi connectivity index (χ2v) is 5.22. The average Bonchev–Trinajstić information content (AvgIpc) is 2.47. The monoisotopic (exact) mass is 294 g/mol. The zero-order valence-electron chi connectivity index (χ0n) is 11.8. The quantitative estimate of drug-likeness (QED) is 0.661. The molecular formula is C14H18N2O5. The Bertz CT molecular complexity index is 546. The predicted octanol–water partition coefficient (Wildman–Crippen LogP) is 3.04. The van der Waals surface area contributed by atoms with Gasteiger partial charge >= 0.3 is 5.97 Å². The third-order valence-corrected chi connectivity index (χ3v) is 3.90. The fourth-order valence-electron chi connectivity index (χ4n) is 2.73. The third-order valence-electron chi connectivity index (χ3n) is 3.90. The number of carboxylic acids is 1. The van der Waals surface area contributed by atoms with E-state index in [1.165, 1.54) is 0 Å². The van der Waals surface area contributed by atoms with E-state index >= 15 is 0 Å². The number of aromatic nitrogens is 1. The van der Waals surface area contributed by atoms with Gasteiger partial charge in [0.2, 0.25) is 5.88 Å². The highest BCUT2D eigenvalue weighted by Crippen LogP contribution is 2.31. The van der Waals surface area contributed by atoms with Crippen LogP contribution in [0.25, 0.3) is 0 Å². The fraction of sp³-hybridized carbons (Fsp3) is 0.571. The Kier molecular flexibility index (Phi) is 4.72. The van der Waals surface area contributed by atoms with Crippen LogP contribution < -0.4 is 4.74 Å². The molecule has 0 saturated heterocycles. The number of carboxylic acid groups (broad SMARTS) is 1. The smallest absolute Gasteiger partial charge is 0.341 e. The number of hydrogen-bond donors (Lipinski definition) is 1. The summed E-state index contributed by atoms with van der Waals surface area (Å²) in [5.41, 5.74) is -0.611. The number of carbonyl (C=O) groups is 1. The molecule has 0 bridgehead atoms. The minimum Gasteiger partial charge on any atom is -0.477 e. The van der Waals surface area contributed by atoms with E-state index in [4.69, 9.17) is 4.74 Å². The molecule has 0 aliphatic heterocycles. The van der Waals surface area contributed by atoms with Crippen LogP contribution in [-0.2, 0) is 0 Å². The Hall–Kier alpha value is -2.18. The van der Waals surface area contributed by atoms with E-state index in [0.717, 1.165) is 44.4 Å². The second-order valence-electron chi connectivity index (χ2n) is 5.22. The number of ether oxygens (including phenoxy) is 1. The molecule has 2 unspecified atom stereocenters. The van der Waals surface area contributed by atoms with Gasteiger partial charge in [-0.3, -0.25) is 10.1 Å². The molecule has 1 aromatic rings. The van der Waals surface area contributed by atoms with Crippen molar-refractivity contribution in [3.63, 3.8) is 0 Å². The first-order chi connectivity index (χ1) is 10.0. The van der Waals surface area contributed by atoms with Crippen molar-refractivity contribution in [2.45, 2.75) is 45.1 Å². The molecule has 114 valence electrons. The van der Waals surface area contributed by atoms with Crippen molar-refractivity contribution in [2.24, 2.45) is 5.92 Å². The summed E-state index contributed by atoms with van der Waals surface area (Å²) in [5, 5.41) is 19.9. The van der Waals surface area contributed by atoms with Crippen molar-refractivity contribution in [3.8, 4) is 5.88 Å². The van der Waals surface area contributed by atoms with Gasteiger partial charge in [-0.2, -0.15) is 0 Å². The minimum absolute atomic E-state index is 0.0292. The number of rotatable bonds is 5. The molecule has 2 rings (SSSR count). The summed E-state index contributed by atoms with van der Waals surface area (Å²) >= 11 is 0. The van der Waals surface area contributed by atoms with Gasteiger partial charge in [0.25, 0.3) is 5.69 Å². The summed E-state index contributed by atoms with van der Waals surface area (Å²) in [4.78, 5) is 25.1. The van der Waals surface area contributed by atoms with Crippen molar-refractivity contribution < 1.29 is 19.6 Å². The number of nitrogens with zero attached hydrogens (tertiary/aromatic N) is 2. The van der Waals surface area contributed by atoms with Crippen LogP contribution in [0.3, 0.4) is 0 Å². The average molecular weight is 294 g/mol. The first kappa shape index (κ1) is 15.2. The maximum absolute atomic E-state index is 11.2. The number of aromatic carboxylic acids is 1. The lowest BCUT2D eigenvalue weighted by molar-refractivity contribution is -0.385. The van der Waals surface area contributed by atoms with Crippen molar-refractivity contribution >= 4 is 11.7 Å². The molecule has 0 amide bonds. The third kappa shape index (κ3) is 3.48. The molecule has 2 atom stereocenters. The van der Waals surface area contributed by atoms with Gasteiger partial charge in [-0.15, -0.1) is 0 Å². The molecule has 0 radical (unpaired) electrons. The molecule has 1 aliphatic carbocycles. The Labute approximate surface area is 122 Å². The normalized spacial score (nSPS) is 21.8. The van der Waals surface area contributed by atoms with Gasteiger partial charge in [0.05, 0.1) is 4.92 Å². The summed E-state index contributed by atoms with van der Waals surface area (Å²) < 4.78 is 5.77. The summed E-state index contributed by atoms with van der Waals surface area (Å²) in [7, 11) is 0. The Balaban J connectivity index is 2.26. The molecule has 1 N–H and O–H groups in total. The predicted molar refractivity (Wildman–Crippen MR) is 74.5 cm³/mol. The van der Waals surface area contributed by atoms with Crippen molar-refractivity contribution in [3.05, 3.63) is 27.9 Å². The van der Waals surface area contributed by atoms with Gasteiger partial charge in [0.15, 0.2) is 0 Å². The number of hydrogen-bond acceptors (Lipinski definition) is 5. The van der Waals surface area contributed by atoms with Gasteiger partial charge in [0, 0.05) is 6.07 Å². The molecule has 21 heavy (non-hydrogen) atoms. The molecule has 1 heterocycles. The molecule has 1 aliphatic rings. The zero-order chi connectivity index (χ0) is 15.4. The van der Waals surface area contributed by atoms with E-state index in [1.807, 2.05) is 0 Å². The topological polar surface area (TPSA) is 103 Å². The molecule has 1 aromatic heterocycles. The van der Waals surface area contributed by atoms with Crippen molar-refractivity contribution in [1.82, 2.24) is 4.98 Å². The number of pyridine rings is 1. The molecule has 0 aromatic carbocycles. The largest absolute Gasteiger partial charge is 0.477 e. The van der Waals surface area contributed by atoms with Crippen LogP contribution in [0.4, 0.5) is 5.69 Å². The Morgan fingerprint density at radius 3 is 2.86 bits per heavy atom. The van der Waals surface area contributed by atoms with Crippen molar-refractivity contribution in [1.29, 1.82) is 0 Å². The van der Waals surface area contributed by atoms with Crippen LogP contribution >= 0.6 is 0 Å². The van der Waals surface area contributed by atoms with Gasteiger partial charge < -0.3 is 9.84 Å². The summed E-state index contributed by atoms with van der Waals surface area (Å²) in [6, 6.07) is 0.994. The SMILES string of the molecule is CCC1CCCCC1Oc1ncc([N+](=O)[O-])cc1C(=O)O. The van der Waals surface area contributed by atoms with Crippen LogP contribution in [0, 0.1) is 16.0 Å². The molecule has 1 saturated carbocycles. The van der Waals surface area contributed by atoms with Gasteiger partial charge in [0.1, 0.15) is 17.9 Å². The Morgan fingerprint density at radius 2 is 2.24 bits per heavy atom. The van der Waals surface area contributed by atoms with Gasteiger partial charge in [-0.1, -0.05) is 13.3 Å². The van der Waals surface area contributed by atoms with Crippen LogP contribution in [0.1, 0.15) is 49.4 Å². The first-order valence-electron chi connectivity index (χ1n) is 7.07. The maximum Gasteiger partial charge on any atom is 0.341 e. The van der Waals surface area contributed by atoms with Crippen LogP contribution in [0.5, 0.6) is 5.88 Å². The lowest BCUT2D eigenvalue weighted by Gasteiger charge is -2.31. The second kappa shape index (κ2) is 6.51. The lowest BCUT2D eigenvalue weighted by Crippen LogP contribution is -2.30. The van der Waals surface area contributed by atoms with E-state index in [2.05, 4.69) is 11.9 Å². The standard InChI is InChI=1S/C14H18N2O5/c1-2-9-5-3-4-6-12(9)21-13-11(14(17)18)7-10(8-15-13)16(19)20/h7-9,12H,2-6H2,1H3,(H,17,18). The molecule has 0 spiro atoms. The van der Waals surface area contributed by atoms with E-state index in [9.17, 15) is 20.0 Å². The Morgan fingerprint density at radius 1 is 1.52 bits per heavy atom. The van der Waals surface area contributed by atoms with E-state index in [-0.39, 0.29) is 23.2 Å². The minimum atomic E-state index is -1.27. The lowest BCUT2D eigenvalue weighted by atomic mass is 9.85. The fourth-order valence-corrected chi connectivity index (χ4v) is 2.73. The van der Waals surface area contributed by atoms with Crippen LogP contribution in [0.2, 0.25) is 0 Å².